The van der Waals surface area contributed by atoms with Crippen LogP contribution in [0.5, 0.6) is 0 Å². The number of benzene rings is 2. The van der Waals surface area contributed by atoms with Crippen LogP contribution < -0.4 is 10.6 Å². The van der Waals surface area contributed by atoms with Gasteiger partial charge in [0, 0.05) is 45.4 Å². The smallest absolute Gasteiger partial charge is 0.157 e. The number of nitrogens with zero attached hydrogens (tertiary/aromatic N) is 4. The molecule has 6 heterocycles. The van der Waals surface area contributed by atoms with E-state index in [2.05, 4.69) is 63.9 Å². The van der Waals surface area contributed by atoms with Crippen LogP contribution in [0.4, 0.5) is 22.7 Å². The Hall–Kier alpha value is -4.82. The lowest BCUT2D eigenvalue weighted by molar-refractivity contribution is -0.00899. The molecular formula is C37H35N7O. The Bertz CT molecular complexity index is 2100. The molecule has 2 bridgehead atoms. The summed E-state index contributed by atoms with van der Waals surface area (Å²) in [6, 6.07) is 23.2. The van der Waals surface area contributed by atoms with E-state index >= 15 is 0 Å². The molecule has 9 rings (SSSR count). The van der Waals surface area contributed by atoms with Crippen LogP contribution in [-0.2, 0) is 10.2 Å². The summed E-state index contributed by atoms with van der Waals surface area (Å²) < 4.78 is 6.32. The topological polar surface area (TPSA) is 101 Å². The van der Waals surface area contributed by atoms with E-state index in [0.717, 1.165) is 74.0 Å². The zero-order valence-electron chi connectivity index (χ0n) is 25.6. The molecule has 1 saturated carbocycles. The van der Waals surface area contributed by atoms with Gasteiger partial charge in [-0.1, -0.05) is 13.0 Å². The summed E-state index contributed by atoms with van der Waals surface area (Å²) in [4.78, 5) is 22.2. The standard InChI is InChI=1S/C37H35N7O/c1-20-14-25(12-13-38-20)41-24-5-9-30-33(17-24)44-36(43-30)31-10-6-26(19-39-31)42-32-15-21(2)40-29-8-4-23(16-28(29)32)37-18-27-7-11-34(45-27)35(37)22(37)3/h4-6,8-10,12-17,19,22,27,34-35H,7,11,18H2,1-3H3,(H,38,41)(H,40,42)(H,43,44)/t22-,27?,34?,35?,37?/m1/s1. The summed E-state index contributed by atoms with van der Waals surface area (Å²) in [5.74, 6) is 2.02. The number of H-pyrrole nitrogens is 1. The number of nitrogens with one attached hydrogen (secondary N) is 3. The van der Waals surface area contributed by atoms with Crippen LogP contribution in [0.2, 0.25) is 0 Å². The van der Waals surface area contributed by atoms with E-state index in [1.54, 1.807) is 0 Å². The van der Waals surface area contributed by atoms with Gasteiger partial charge in [0.05, 0.1) is 40.6 Å². The largest absolute Gasteiger partial charge is 0.375 e. The average molecular weight is 594 g/mol. The quantitative estimate of drug-likeness (QED) is 0.179. The molecule has 3 fully saturated rings. The molecule has 4 aromatic heterocycles. The molecule has 4 unspecified atom stereocenters. The van der Waals surface area contributed by atoms with Crippen molar-refractivity contribution in [3.05, 3.63) is 96.1 Å². The van der Waals surface area contributed by atoms with Gasteiger partial charge < -0.3 is 20.4 Å². The number of hydrogen-bond donors (Lipinski definition) is 3. The van der Waals surface area contributed by atoms with Crippen LogP contribution in [0.3, 0.4) is 0 Å². The Morgan fingerprint density at radius 2 is 1.69 bits per heavy atom. The van der Waals surface area contributed by atoms with Gasteiger partial charge in [0.15, 0.2) is 5.82 Å². The van der Waals surface area contributed by atoms with E-state index < -0.39 is 0 Å². The number of hydrogen-bond acceptors (Lipinski definition) is 7. The SMILES string of the molecule is Cc1cc(Nc2ccc3nc(-c4ccc(Nc5cc(C)nc6ccc(C78CC9CCC(O9)C7[C@H]8C)cc56)cn4)[nH]c3c2)ccn1. The highest BCUT2D eigenvalue weighted by Gasteiger charge is 2.70. The zero-order valence-corrected chi connectivity index (χ0v) is 25.6. The number of imidazole rings is 1. The number of aryl methyl sites for hydroxylation is 2. The second-order valence-corrected chi connectivity index (χ2v) is 13.2. The van der Waals surface area contributed by atoms with Gasteiger partial charge in [0.25, 0.3) is 0 Å². The number of ether oxygens (including phenoxy) is 1. The van der Waals surface area contributed by atoms with Gasteiger partial charge in [-0.15, -0.1) is 0 Å². The van der Waals surface area contributed by atoms with Crippen molar-refractivity contribution >= 4 is 44.7 Å². The molecule has 45 heavy (non-hydrogen) atoms. The fraction of sp³-hybridized carbons (Fsp3) is 0.297. The molecule has 5 atom stereocenters. The van der Waals surface area contributed by atoms with Crippen molar-refractivity contribution in [1.82, 2.24) is 24.9 Å². The highest BCUT2D eigenvalue weighted by Crippen LogP contribution is 2.69. The number of fused-ring (bicyclic) bond motifs is 6. The molecule has 2 aromatic carbocycles. The first-order valence-corrected chi connectivity index (χ1v) is 15.9. The first-order valence-electron chi connectivity index (χ1n) is 15.9. The monoisotopic (exact) mass is 593 g/mol. The highest BCUT2D eigenvalue weighted by molar-refractivity contribution is 5.94. The fourth-order valence-electron chi connectivity index (χ4n) is 8.25. The molecule has 2 saturated heterocycles. The van der Waals surface area contributed by atoms with Crippen LogP contribution in [0.15, 0.2) is 79.1 Å². The molecule has 0 radical (unpaired) electrons. The average Bonchev–Trinajstić information content (AvgIpc) is 3.29. The third-order valence-electron chi connectivity index (χ3n) is 10.4. The van der Waals surface area contributed by atoms with E-state index in [9.17, 15) is 0 Å². The number of aromatic nitrogens is 5. The maximum absolute atomic E-state index is 6.32. The highest BCUT2D eigenvalue weighted by atomic mass is 16.5. The molecule has 8 heteroatoms. The Morgan fingerprint density at radius 3 is 2.56 bits per heavy atom. The van der Waals surface area contributed by atoms with Crippen LogP contribution in [0.1, 0.15) is 43.1 Å². The van der Waals surface area contributed by atoms with Gasteiger partial charge in [-0.25, -0.2) is 4.98 Å². The van der Waals surface area contributed by atoms with Gasteiger partial charge in [0.1, 0.15) is 5.69 Å². The predicted octanol–water partition coefficient (Wildman–Crippen LogP) is 8.13. The molecule has 0 spiro atoms. The van der Waals surface area contributed by atoms with Crippen molar-refractivity contribution in [2.45, 2.75) is 57.7 Å². The van der Waals surface area contributed by atoms with E-state index in [-0.39, 0.29) is 5.41 Å². The van der Waals surface area contributed by atoms with E-state index in [0.29, 0.717) is 24.0 Å². The molecule has 1 aliphatic carbocycles. The van der Waals surface area contributed by atoms with Crippen molar-refractivity contribution in [2.75, 3.05) is 10.6 Å². The minimum Gasteiger partial charge on any atom is -0.375 e. The third kappa shape index (κ3) is 4.38. The Morgan fingerprint density at radius 1 is 0.822 bits per heavy atom. The van der Waals surface area contributed by atoms with Crippen LogP contribution >= 0.6 is 0 Å². The van der Waals surface area contributed by atoms with E-state index in [1.165, 1.54) is 18.4 Å². The molecule has 6 aromatic rings. The molecule has 3 N–H and O–H groups in total. The molecule has 8 nitrogen and oxygen atoms in total. The predicted molar refractivity (Wildman–Crippen MR) is 178 cm³/mol. The Labute approximate surface area is 261 Å². The summed E-state index contributed by atoms with van der Waals surface area (Å²) in [5, 5.41) is 8.25. The third-order valence-corrected chi connectivity index (χ3v) is 10.4. The normalized spacial score (nSPS) is 25.0. The second-order valence-electron chi connectivity index (χ2n) is 13.2. The molecule has 3 aliphatic rings. The lowest BCUT2D eigenvalue weighted by atomic mass is 9.84. The van der Waals surface area contributed by atoms with Crippen molar-refractivity contribution in [2.24, 2.45) is 11.8 Å². The number of anilines is 4. The Kier molecular flexibility index (Phi) is 5.81. The van der Waals surface area contributed by atoms with Crippen molar-refractivity contribution in [3.8, 4) is 11.5 Å². The molecule has 2 aliphatic heterocycles. The maximum Gasteiger partial charge on any atom is 0.157 e. The van der Waals surface area contributed by atoms with Crippen LogP contribution in [-0.4, -0.2) is 37.1 Å². The van der Waals surface area contributed by atoms with Gasteiger partial charge in [-0.3, -0.25) is 15.0 Å². The van der Waals surface area contributed by atoms with Crippen molar-refractivity contribution < 1.29 is 4.74 Å². The van der Waals surface area contributed by atoms with Gasteiger partial charge in [-0.05, 0) is 111 Å². The minimum atomic E-state index is 0.241. The van der Waals surface area contributed by atoms with E-state index in [4.69, 9.17) is 19.7 Å². The van der Waals surface area contributed by atoms with Crippen LogP contribution in [0, 0.1) is 25.7 Å². The van der Waals surface area contributed by atoms with E-state index in [1.807, 2.05) is 56.6 Å². The maximum atomic E-state index is 6.32. The summed E-state index contributed by atoms with van der Waals surface area (Å²) in [6.45, 7) is 6.45. The lowest BCUT2D eigenvalue weighted by Crippen LogP contribution is -2.29. The summed E-state index contributed by atoms with van der Waals surface area (Å²) in [6.07, 6.45) is 8.07. The van der Waals surface area contributed by atoms with Crippen molar-refractivity contribution in [3.63, 3.8) is 0 Å². The first kappa shape index (κ1) is 26.6. The first-order chi connectivity index (χ1) is 21.9. The lowest BCUT2D eigenvalue weighted by Gasteiger charge is -2.29. The summed E-state index contributed by atoms with van der Waals surface area (Å²) in [7, 11) is 0. The van der Waals surface area contributed by atoms with Crippen LogP contribution in [0.25, 0.3) is 33.5 Å². The number of rotatable bonds is 6. The second kappa shape index (κ2) is 9.84. The van der Waals surface area contributed by atoms with Gasteiger partial charge in [-0.2, -0.15) is 0 Å². The summed E-state index contributed by atoms with van der Waals surface area (Å²) >= 11 is 0. The Balaban J connectivity index is 0.983. The summed E-state index contributed by atoms with van der Waals surface area (Å²) in [5.41, 5.74) is 11.2. The van der Waals surface area contributed by atoms with Crippen molar-refractivity contribution in [1.29, 1.82) is 0 Å². The fourth-order valence-corrected chi connectivity index (χ4v) is 8.25. The van der Waals surface area contributed by atoms with Gasteiger partial charge >= 0.3 is 0 Å². The molecule has 0 amide bonds. The zero-order chi connectivity index (χ0) is 30.3. The minimum absolute atomic E-state index is 0.241. The molecular weight excluding hydrogens is 558 g/mol. The number of pyridine rings is 3. The number of aromatic amines is 1. The molecule has 224 valence electrons. The van der Waals surface area contributed by atoms with Gasteiger partial charge in [0.2, 0.25) is 0 Å².